The summed E-state index contributed by atoms with van der Waals surface area (Å²) in [5, 5.41) is 0. The molecule has 0 radical (unpaired) electrons. The van der Waals surface area contributed by atoms with Gasteiger partial charge in [0, 0.05) is 0 Å². The van der Waals surface area contributed by atoms with Crippen LogP contribution in [0.1, 0.15) is 46.6 Å². The average molecular weight is 518 g/mol. The predicted octanol–water partition coefficient (Wildman–Crippen LogP) is 7.34. The van der Waals surface area contributed by atoms with Crippen LogP contribution in [0.4, 0.5) is 48.3 Å². The first-order valence-corrected chi connectivity index (χ1v) is 9.38. The molecule has 0 saturated carbocycles. The third kappa shape index (κ3) is 6.30. The number of hydrogen-bond acceptors (Lipinski definition) is 3. The largest absolute Gasteiger partial charge is 0.462 e. The van der Waals surface area contributed by atoms with E-state index in [9.17, 15) is 53.1 Å². The third-order valence-corrected chi connectivity index (χ3v) is 4.44. The lowest BCUT2D eigenvalue weighted by atomic mass is 9.72. The first-order chi connectivity index (χ1) is 14.8. The maximum atomic E-state index is 14.2. The average Bonchev–Trinajstić information content (AvgIpc) is 2.57. The molecule has 0 amide bonds. The van der Waals surface area contributed by atoms with E-state index in [0.29, 0.717) is 12.0 Å². The Hall–Kier alpha value is -2.12. The van der Waals surface area contributed by atoms with Crippen molar-refractivity contribution >= 4 is 5.97 Å². The van der Waals surface area contributed by atoms with Crippen molar-refractivity contribution in [1.29, 1.82) is 0 Å². The lowest BCUT2D eigenvalue weighted by Gasteiger charge is -2.34. The Morgan fingerprint density at radius 2 is 1.18 bits per heavy atom. The summed E-state index contributed by atoms with van der Waals surface area (Å²) in [6.07, 6.45) is -20.5. The summed E-state index contributed by atoms with van der Waals surface area (Å²) in [5.74, 6) is -17.8. The molecule has 196 valence electrons. The number of halogens is 11. The van der Waals surface area contributed by atoms with E-state index < -0.39 is 47.4 Å². The van der Waals surface area contributed by atoms with Gasteiger partial charge in [0.2, 0.25) is 0 Å². The maximum Gasteiger partial charge on any atom is 0.462 e. The van der Waals surface area contributed by atoms with E-state index >= 15 is 0 Å². The molecule has 1 aromatic rings. The summed E-state index contributed by atoms with van der Waals surface area (Å²) < 4.78 is 148. The highest BCUT2D eigenvalue weighted by molar-refractivity contribution is 5.81. The number of alkyl halides is 11. The quantitative estimate of drug-likeness (QED) is 0.215. The standard InChI is InChI=1S/C20H21F11O3/c1-14(2,3)10-15(4,5)11-6-8-12(9-7-11)33-13(32)16(21,18(24,25)26)34-20(30,31)17(22,23)19(27,28)29/h6-9H,10H2,1-5H3/t16-/m1/s1. The molecule has 0 aliphatic carbocycles. The van der Waals surface area contributed by atoms with E-state index in [-0.39, 0.29) is 5.41 Å². The fraction of sp³-hybridized carbons (Fsp3) is 0.650. The zero-order valence-corrected chi connectivity index (χ0v) is 18.4. The van der Waals surface area contributed by atoms with E-state index in [0.717, 1.165) is 12.1 Å². The molecule has 0 unspecified atom stereocenters. The van der Waals surface area contributed by atoms with Crippen molar-refractivity contribution in [3.8, 4) is 5.75 Å². The molecule has 1 aromatic carbocycles. The molecule has 3 nitrogen and oxygen atoms in total. The van der Waals surface area contributed by atoms with E-state index in [1.807, 2.05) is 34.6 Å². The second-order valence-electron chi connectivity index (χ2n) is 9.32. The van der Waals surface area contributed by atoms with Crippen molar-refractivity contribution in [1.82, 2.24) is 0 Å². The van der Waals surface area contributed by atoms with Gasteiger partial charge in [-0.2, -0.15) is 48.3 Å². The van der Waals surface area contributed by atoms with E-state index in [1.54, 1.807) is 0 Å². The Morgan fingerprint density at radius 3 is 1.53 bits per heavy atom. The van der Waals surface area contributed by atoms with Gasteiger partial charge < -0.3 is 4.74 Å². The Bertz CT molecular complexity index is 866. The number of benzene rings is 1. The van der Waals surface area contributed by atoms with Crippen LogP contribution in [0.2, 0.25) is 0 Å². The van der Waals surface area contributed by atoms with Crippen molar-refractivity contribution in [3.63, 3.8) is 0 Å². The number of rotatable bonds is 7. The van der Waals surface area contributed by atoms with Crippen LogP contribution in [0.15, 0.2) is 24.3 Å². The Balaban J connectivity index is 3.25. The first-order valence-electron chi connectivity index (χ1n) is 9.38. The van der Waals surface area contributed by atoms with Crippen molar-refractivity contribution in [3.05, 3.63) is 29.8 Å². The fourth-order valence-corrected chi connectivity index (χ4v) is 3.20. The van der Waals surface area contributed by atoms with Crippen molar-refractivity contribution < 1.29 is 62.6 Å². The highest BCUT2D eigenvalue weighted by Gasteiger charge is 2.80. The molecule has 1 rings (SSSR count). The van der Waals surface area contributed by atoms with Crippen LogP contribution in [-0.2, 0) is 14.9 Å². The molecule has 0 aromatic heterocycles. The van der Waals surface area contributed by atoms with Gasteiger partial charge in [0.05, 0.1) is 0 Å². The van der Waals surface area contributed by atoms with Crippen LogP contribution in [0.25, 0.3) is 0 Å². The number of hydrogen-bond donors (Lipinski definition) is 0. The minimum atomic E-state index is -7.27. The monoisotopic (exact) mass is 518 g/mol. The smallest absolute Gasteiger partial charge is 0.422 e. The number of carbonyl (C=O) groups excluding carboxylic acids is 1. The topological polar surface area (TPSA) is 35.5 Å². The summed E-state index contributed by atoms with van der Waals surface area (Å²) in [7, 11) is 0. The van der Waals surface area contributed by atoms with Crippen molar-refractivity contribution in [2.75, 3.05) is 0 Å². The molecule has 0 aliphatic rings. The Labute approximate surface area is 187 Å². The molecule has 0 aliphatic heterocycles. The van der Waals surface area contributed by atoms with Gasteiger partial charge >= 0.3 is 36.2 Å². The van der Waals surface area contributed by atoms with Gasteiger partial charge in [0.1, 0.15) is 5.75 Å². The van der Waals surface area contributed by atoms with Crippen LogP contribution in [-0.4, -0.2) is 36.2 Å². The molecule has 1 atom stereocenters. The summed E-state index contributed by atoms with van der Waals surface area (Å²) in [6, 6.07) is 4.23. The van der Waals surface area contributed by atoms with Crippen LogP contribution in [0, 0.1) is 5.41 Å². The number of ether oxygens (including phenoxy) is 2. The molecule has 0 heterocycles. The first kappa shape index (κ1) is 29.9. The molecule has 0 spiro atoms. The van der Waals surface area contributed by atoms with E-state index in [4.69, 9.17) is 0 Å². The third-order valence-electron chi connectivity index (χ3n) is 4.44. The normalized spacial score (nSPS) is 16.2. The molecule has 14 heteroatoms. The lowest BCUT2D eigenvalue weighted by molar-refractivity contribution is -0.474. The Morgan fingerprint density at radius 1 is 0.735 bits per heavy atom. The molecular formula is C20H21F11O3. The number of carbonyl (C=O) groups is 1. The summed E-state index contributed by atoms with van der Waals surface area (Å²) in [4.78, 5) is 11.7. The molecule has 0 fully saturated rings. The van der Waals surface area contributed by atoms with Gasteiger partial charge in [-0.05, 0) is 34.9 Å². The van der Waals surface area contributed by atoms with Gasteiger partial charge in [-0.15, -0.1) is 0 Å². The highest BCUT2D eigenvalue weighted by atomic mass is 19.4. The minimum Gasteiger partial charge on any atom is -0.422 e. The number of esters is 1. The second kappa shape index (κ2) is 8.83. The van der Waals surface area contributed by atoms with E-state index in [2.05, 4.69) is 9.47 Å². The van der Waals surface area contributed by atoms with Crippen LogP contribution in [0.5, 0.6) is 5.75 Å². The van der Waals surface area contributed by atoms with Crippen molar-refractivity contribution in [2.45, 2.75) is 76.7 Å². The molecule has 0 N–H and O–H groups in total. The summed E-state index contributed by atoms with van der Waals surface area (Å²) in [6.45, 7) is 9.42. The maximum absolute atomic E-state index is 14.2. The predicted molar refractivity (Wildman–Crippen MR) is 96.1 cm³/mol. The minimum absolute atomic E-state index is 0.157. The van der Waals surface area contributed by atoms with Crippen molar-refractivity contribution in [2.24, 2.45) is 5.41 Å². The van der Waals surface area contributed by atoms with Gasteiger partial charge in [0.15, 0.2) is 0 Å². The van der Waals surface area contributed by atoms with Crippen LogP contribution >= 0.6 is 0 Å². The zero-order valence-electron chi connectivity index (χ0n) is 18.4. The zero-order chi connectivity index (χ0) is 27.2. The molecule has 34 heavy (non-hydrogen) atoms. The molecule has 0 bridgehead atoms. The van der Waals surface area contributed by atoms with Gasteiger partial charge in [0.25, 0.3) is 0 Å². The van der Waals surface area contributed by atoms with Crippen LogP contribution in [0.3, 0.4) is 0 Å². The Kier molecular flexibility index (Phi) is 7.77. The van der Waals surface area contributed by atoms with E-state index in [1.165, 1.54) is 12.1 Å². The lowest BCUT2D eigenvalue weighted by Crippen LogP contribution is -2.62. The second-order valence-corrected chi connectivity index (χ2v) is 9.32. The molecule has 0 saturated heterocycles. The fourth-order valence-electron chi connectivity index (χ4n) is 3.20. The molecular weight excluding hydrogens is 497 g/mol. The van der Waals surface area contributed by atoms with Gasteiger partial charge in [-0.3, -0.25) is 4.74 Å². The summed E-state index contributed by atoms with van der Waals surface area (Å²) >= 11 is 0. The SMILES string of the molecule is CC(C)(C)CC(C)(C)c1ccc(OC(=O)[C@@](F)(OC(F)(F)C(F)(F)C(F)(F)F)C(F)(F)F)cc1. The van der Waals surface area contributed by atoms with Crippen LogP contribution < -0.4 is 4.74 Å². The van der Waals surface area contributed by atoms with Gasteiger partial charge in [-0.25, -0.2) is 4.79 Å². The highest BCUT2D eigenvalue weighted by Crippen LogP contribution is 2.51. The summed E-state index contributed by atoms with van der Waals surface area (Å²) in [5.41, 5.74) is -0.0848. The van der Waals surface area contributed by atoms with Gasteiger partial charge in [-0.1, -0.05) is 46.8 Å².